The van der Waals surface area contributed by atoms with Crippen molar-refractivity contribution in [3.63, 3.8) is 0 Å². The standard InChI is InChI=1S/C37H51N3O9/c1-22(6-14-31-23(2)18-30(25(4)48-31)40-34(43)16-8-24(3)47-26(5)41)7-15-32-35(44)37(21-46-37)19-29(49-32)13-17-33(42)39-20-27-9-11-28(12-10-27)36(38)45/h6-12,15-16,23-25,29-32,35,44H,13-14,17-21H2,1-5H3,(H2,38,45)(H,39,42)(H,40,43). The molecular formula is C37H51N3O9. The van der Waals surface area contributed by atoms with E-state index in [9.17, 15) is 24.3 Å². The lowest BCUT2D eigenvalue weighted by Gasteiger charge is -2.39. The number of aliphatic hydroxyl groups excluding tert-OH is 1. The van der Waals surface area contributed by atoms with Gasteiger partial charge in [-0.25, -0.2) is 0 Å². The van der Waals surface area contributed by atoms with E-state index in [1.807, 2.05) is 26.0 Å². The van der Waals surface area contributed by atoms with E-state index in [0.29, 0.717) is 38.0 Å². The van der Waals surface area contributed by atoms with E-state index in [0.717, 1.165) is 17.6 Å². The zero-order valence-electron chi connectivity index (χ0n) is 29.1. The topological polar surface area (TPSA) is 179 Å². The Morgan fingerprint density at radius 1 is 1.12 bits per heavy atom. The fraction of sp³-hybridized carbons (Fsp3) is 0.568. The highest BCUT2D eigenvalue weighted by atomic mass is 16.6. The van der Waals surface area contributed by atoms with Crippen LogP contribution in [0.4, 0.5) is 0 Å². The van der Waals surface area contributed by atoms with Crippen molar-refractivity contribution in [2.24, 2.45) is 11.7 Å². The normalized spacial score (nSPS) is 30.7. The predicted octanol–water partition coefficient (Wildman–Crippen LogP) is 3.17. The van der Waals surface area contributed by atoms with Gasteiger partial charge >= 0.3 is 5.97 Å². The van der Waals surface area contributed by atoms with E-state index in [4.69, 9.17) is 24.7 Å². The lowest BCUT2D eigenvalue weighted by Crippen LogP contribution is -2.50. The number of carbonyl (C=O) groups is 4. The second-order valence-electron chi connectivity index (χ2n) is 13.5. The molecule has 0 aromatic heterocycles. The maximum Gasteiger partial charge on any atom is 0.303 e. The molecule has 12 heteroatoms. The van der Waals surface area contributed by atoms with Crippen LogP contribution in [-0.2, 0) is 39.9 Å². The van der Waals surface area contributed by atoms with Gasteiger partial charge in [-0.3, -0.25) is 19.2 Å². The molecule has 3 aliphatic rings. The summed E-state index contributed by atoms with van der Waals surface area (Å²) in [6.07, 6.45) is 9.26. The van der Waals surface area contributed by atoms with E-state index < -0.39 is 35.8 Å². The second-order valence-corrected chi connectivity index (χ2v) is 13.5. The number of esters is 1. The van der Waals surface area contributed by atoms with Crippen molar-refractivity contribution >= 4 is 23.7 Å². The van der Waals surface area contributed by atoms with Gasteiger partial charge in [-0.05, 0) is 69.7 Å². The number of rotatable bonds is 14. The number of hydrogen-bond acceptors (Lipinski definition) is 9. The van der Waals surface area contributed by atoms with Crippen LogP contribution in [-0.4, -0.2) is 83.7 Å². The first-order valence-electron chi connectivity index (χ1n) is 17.0. The highest BCUT2D eigenvalue weighted by molar-refractivity contribution is 5.92. The monoisotopic (exact) mass is 681 g/mol. The highest BCUT2D eigenvalue weighted by Gasteiger charge is 2.58. The first-order chi connectivity index (χ1) is 23.2. The number of nitrogens with two attached hydrogens (primary N) is 1. The zero-order valence-corrected chi connectivity index (χ0v) is 29.1. The summed E-state index contributed by atoms with van der Waals surface area (Å²) in [5, 5.41) is 16.9. The summed E-state index contributed by atoms with van der Waals surface area (Å²) >= 11 is 0. The van der Waals surface area contributed by atoms with Gasteiger partial charge < -0.3 is 40.4 Å². The number of amides is 3. The van der Waals surface area contributed by atoms with Crippen LogP contribution in [0.25, 0.3) is 0 Å². The molecule has 1 spiro atoms. The second kappa shape index (κ2) is 17.2. The van der Waals surface area contributed by atoms with Gasteiger partial charge in [0.05, 0.1) is 31.0 Å². The fourth-order valence-corrected chi connectivity index (χ4v) is 6.30. The molecule has 9 unspecified atom stereocenters. The van der Waals surface area contributed by atoms with Crippen LogP contribution in [0, 0.1) is 5.92 Å². The van der Waals surface area contributed by atoms with Crippen molar-refractivity contribution in [2.45, 2.75) is 122 Å². The van der Waals surface area contributed by atoms with Crippen molar-refractivity contribution in [3.05, 3.63) is 71.3 Å². The van der Waals surface area contributed by atoms with Gasteiger partial charge in [-0.1, -0.05) is 42.9 Å². The summed E-state index contributed by atoms with van der Waals surface area (Å²) in [7, 11) is 0. The van der Waals surface area contributed by atoms with Crippen LogP contribution in [0.15, 0.2) is 60.2 Å². The zero-order chi connectivity index (χ0) is 35.7. The van der Waals surface area contributed by atoms with Gasteiger partial charge in [-0.2, -0.15) is 0 Å². The van der Waals surface area contributed by atoms with E-state index >= 15 is 0 Å². The molecule has 0 saturated carbocycles. The number of aliphatic hydroxyl groups is 1. The van der Waals surface area contributed by atoms with Gasteiger partial charge in [0.25, 0.3) is 0 Å². The average molecular weight is 682 g/mol. The number of hydrogen-bond donors (Lipinski definition) is 4. The van der Waals surface area contributed by atoms with Crippen LogP contribution in [0.1, 0.15) is 82.6 Å². The Morgan fingerprint density at radius 2 is 1.84 bits per heavy atom. The molecule has 3 fully saturated rings. The maximum absolute atomic E-state index is 12.6. The van der Waals surface area contributed by atoms with Crippen molar-refractivity contribution in [3.8, 4) is 0 Å². The molecular weight excluding hydrogens is 630 g/mol. The van der Waals surface area contributed by atoms with E-state index in [1.54, 1.807) is 37.3 Å². The molecule has 3 saturated heterocycles. The van der Waals surface area contributed by atoms with Gasteiger partial charge in [0.2, 0.25) is 17.7 Å². The summed E-state index contributed by atoms with van der Waals surface area (Å²) in [6, 6.07) is 6.64. The maximum atomic E-state index is 12.6. The molecule has 5 N–H and O–H groups in total. The SMILES string of the molecule is CC(=O)OC(C)C=CC(=O)NC1CC(C)C(CC=C(C)C=CC2OC(CCC(=O)NCc3ccc(C(N)=O)cc3)CC3(CO3)C2O)OC1C. The summed E-state index contributed by atoms with van der Waals surface area (Å²) in [5.41, 5.74) is 6.91. The molecule has 49 heavy (non-hydrogen) atoms. The Kier molecular flexibility index (Phi) is 13.3. The quantitative estimate of drug-likeness (QED) is 0.0994. The van der Waals surface area contributed by atoms with Crippen molar-refractivity contribution < 1.29 is 43.2 Å². The van der Waals surface area contributed by atoms with Gasteiger partial charge in [0.1, 0.15) is 23.9 Å². The number of benzene rings is 1. The lowest BCUT2D eigenvalue weighted by molar-refractivity contribution is -0.143. The molecule has 3 amide bonds. The smallest absolute Gasteiger partial charge is 0.303 e. The molecule has 12 nitrogen and oxygen atoms in total. The van der Waals surface area contributed by atoms with Crippen LogP contribution in [0.3, 0.4) is 0 Å². The first-order valence-corrected chi connectivity index (χ1v) is 17.0. The number of carbonyl (C=O) groups excluding carboxylic acids is 4. The van der Waals surface area contributed by atoms with E-state index in [-0.39, 0.29) is 48.5 Å². The Labute approximate surface area is 288 Å². The molecule has 0 aliphatic carbocycles. The lowest BCUT2D eigenvalue weighted by atomic mass is 9.87. The Morgan fingerprint density at radius 3 is 2.49 bits per heavy atom. The summed E-state index contributed by atoms with van der Waals surface area (Å²) in [4.78, 5) is 47.3. The minimum absolute atomic E-state index is 0.0179. The van der Waals surface area contributed by atoms with Gasteiger partial charge in [-0.15, -0.1) is 0 Å². The molecule has 4 rings (SSSR count). The third kappa shape index (κ3) is 11.4. The third-order valence-electron chi connectivity index (χ3n) is 9.35. The Balaban J connectivity index is 1.23. The number of epoxide rings is 1. The minimum atomic E-state index is -0.806. The average Bonchev–Trinajstić information content (AvgIpc) is 3.83. The molecule has 9 atom stereocenters. The molecule has 3 heterocycles. The van der Waals surface area contributed by atoms with Crippen molar-refractivity contribution in [2.75, 3.05) is 6.61 Å². The Hall–Kier alpha value is -3.84. The predicted molar refractivity (Wildman–Crippen MR) is 182 cm³/mol. The number of allylic oxidation sites excluding steroid dienone is 2. The summed E-state index contributed by atoms with van der Waals surface area (Å²) in [5.74, 6) is -1.07. The summed E-state index contributed by atoms with van der Waals surface area (Å²) in [6.45, 7) is 9.86. The minimum Gasteiger partial charge on any atom is -0.459 e. The largest absolute Gasteiger partial charge is 0.459 e. The van der Waals surface area contributed by atoms with Gasteiger partial charge in [0.15, 0.2) is 0 Å². The number of nitrogens with one attached hydrogen (secondary N) is 2. The first kappa shape index (κ1) is 38.0. The summed E-state index contributed by atoms with van der Waals surface area (Å²) < 4.78 is 23.2. The molecule has 3 aliphatic heterocycles. The number of ether oxygens (including phenoxy) is 4. The van der Waals surface area contributed by atoms with Crippen LogP contribution < -0.4 is 16.4 Å². The van der Waals surface area contributed by atoms with Crippen LogP contribution in [0.2, 0.25) is 0 Å². The molecule has 1 aromatic rings. The van der Waals surface area contributed by atoms with E-state index in [2.05, 4.69) is 23.6 Å². The molecule has 0 bridgehead atoms. The number of primary amides is 1. The van der Waals surface area contributed by atoms with Crippen molar-refractivity contribution in [1.82, 2.24) is 10.6 Å². The molecule has 268 valence electrons. The van der Waals surface area contributed by atoms with Crippen molar-refractivity contribution in [1.29, 1.82) is 0 Å². The van der Waals surface area contributed by atoms with Gasteiger partial charge in [0, 0.05) is 37.9 Å². The fourth-order valence-electron chi connectivity index (χ4n) is 6.30. The van der Waals surface area contributed by atoms with E-state index in [1.165, 1.54) is 13.0 Å². The molecule has 1 aromatic carbocycles. The molecule has 0 radical (unpaired) electrons. The van der Waals surface area contributed by atoms with Crippen LogP contribution in [0.5, 0.6) is 0 Å². The highest BCUT2D eigenvalue weighted by Crippen LogP contribution is 2.43. The Bertz CT molecular complexity index is 1420. The third-order valence-corrected chi connectivity index (χ3v) is 9.35. The van der Waals surface area contributed by atoms with Crippen LogP contribution >= 0.6 is 0 Å².